The minimum Gasteiger partial charge on any atom is -0.478 e. The van der Waals surface area contributed by atoms with Crippen LogP contribution in [0, 0.1) is 5.41 Å². The average molecular weight is 360 g/mol. The second-order valence-corrected chi connectivity index (χ2v) is 6.19. The van der Waals surface area contributed by atoms with E-state index in [2.05, 4.69) is 4.98 Å². The third-order valence-corrected chi connectivity index (χ3v) is 4.28. The molecule has 0 atom stereocenters. The number of nitrogens with zero attached hydrogens (tertiary/aromatic N) is 2. The van der Waals surface area contributed by atoms with Gasteiger partial charge < -0.3 is 15.7 Å². The van der Waals surface area contributed by atoms with Gasteiger partial charge in [-0.05, 0) is 28.8 Å². The SMILES string of the molecule is CN(Cc1ccc(-c2ccccc2C(=N)N)cc1)c1ncccc1C(=O)O. The first kappa shape index (κ1) is 18.1. The number of anilines is 1. The largest absolute Gasteiger partial charge is 0.478 e. The van der Waals surface area contributed by atoms with E-state index in [1.165, 1.54) is 0 Å². The van der Waals surface area contributed by atoms with Crippen molar-refractivity contribution in [2.24, 2.45) is 5.73 Å². The van der Waals surface area contributed by atoms with Gasteiger partial charge >= 0.3 is 5.97 Å². The number of benzene rings is 2. The third-order valence-electron chi connectivity index (χ3n) is 4.28. The maximum absolute atomic E-state index is 11.4. The maximum atomic E-state index is 11.4. The van der Waals surface area contributed by atoms with Gasteiger partial charge in [-0.25, -0.2) is 9.78 Å². The van der Waals surface area contributed by atoms with E-state index in [9.17, 15) is 9.90 Å². The summed E-state index contributed by atoms with van der Waals surface area (Å²) < 4.78 is 0. The molecule has 0 amide bonds. The van der Waals surface area contributed by atoms with Crippen LogP contribution in [0.2, 0.25) is 0 Å². The molecule has 4 N–H and O–H groups in total. The van der Waals surface area contributed by atoms with Crippen LogP contribution in [0.3, 0.4) is 0 Å². The van der Waals surface area contributed by atoms with E-state index < -0.39 is 5.97 Å². The van der Waals surface area contributed by atoms with Gasteiger partial charge in [0.1, 0.15) is 17.2 Å². The third kappa shape index (κ3) is 3.95. The summed E-state index contributed by atoms with van der Waals surface area (Å²) in [6.45, 7) is 0.520. The molecule has 0 spiro atoms. The molecule has 0 aliphatic rings. The summed E-state index contributed by atoms with van der Waals surface area (Å²) in [7, 11) is 1.81. The second kappa shape index (κ2) is 7.70. The Hall–Kier alpha value is -3.67. The van der Waals surface area contributed by atoms with Crippen LogP contribution in [-0.2, 0) is 6.54 Å². The average Bonchev–Trinajstić information content (AvgIpc) is 2.68. The Morgan fingerprint density at radius 1 is 1.07 bits per heavy atom. The van der Waals surface area contributed by atoms with Gasteiger partial charge in [-0.3, -0.25) is 5.41 Å². The summed E-state index contributed by atoms with van der Waals surface area (Å²) in [5.41, 5.74) is 9.43. The number of carbonyl (C=O) groups is 1. The molecule has 3 aromatic rings. The zero-order valence-corrected chi connectivity index (χ0v) is 14.9. The molecule has 2 aromatic carbocycles. The Kier molecular flexibility index (Phi) is 5.17. The summed E-state index contributed by atoms with van der Waals surface area (Å²) in [6, 6.07) is 18.6. The predicted molar refractivity (Wildman–Crippen MR) is 106 cm³/mol. The van der Waals surface area contributed by atoms with Crippen LogP contribution in [-0.4, -0.2) is 28.9 Å². The van der Waals surface area contributed by atoms with Crippen LogP contribution in [0.1, 0.15) is 21.5 Å². The number of hydrogen-bond donors (Lipinski definition) is 3. The lowest BCUT2D eigenvalue weighted by Crippen LogP contribution is -2.20. The van der Waals surface area contributed by atoms with Gasteiger partial charge in [0, 0.05) is 25.4 Å². The van der Waals surface area contributed by atoms with E-state index in [0.717, 1.165) is 16.7 Å². The normalized spacial score (nSPS) is 10.4. The summed E-state index contributed by atoms with van der Waals surface area (Å²) >= 11 is 0. The highest BCUT2D eigenvalue weighted by Gasteiger charge is 2.14. The Bertz CT molecular complexity index is 983. The van der Waals surface area contributed by atoms with Crippen LogP contribution in [0.25, 0.3) is 11.1 Å². The number of nitrogens with two attached hydrogens (primary N) is 1. The van der Waals surface area contributed by atoms with E-state index in [1.54, 1.807) is 18.3 Å². The van der Waals surface area contributed by atoms with Crippen molar-refractivity contribution >= 4 is 17.6 Å². The number of aromatic nitrogens is 1. The lowest BCUT2D eigenvalue weighted by molar-refractivity contribution is 0.0697. The van der Waals surface area contributed by atoms with Crippen molar-refractivity contribution < 1.29 is 9.90 Å². The van der Waals surface area contributed by atoms with Gasteiger partial charge in [-0.1, -0.05) is 48.5 Å². The van der Waals surface area contributed by atoms with Gasteiger partial charge in [0.05, 0.1) is 0 Å². The van der Waals surface area contributed by atoms with Crippen LogP contribution < -0.4 is 10.6 Å². The number of nitrogens with one attached hydrogen (secondary N) is 1. The molecule has 6 nitrogen and oxygen atoms in total. The standard InChI is InChI=1S/C21H20N4O2/c1-25(20-18(21(26)27)7-4-12-24-20)13-14-8-10-15(11-9-14)16-5-2-3-6-17(16)19(22)23/h2-12H,13H2,1H3,(H3,22,23)(H,26,27). The number of rotatable bonds is 6. The molecule has 0 aliphatic heterocycles. The van der Waals surface area contributed by atoms with Gasteiger partial charge in [0.15, 0.2) is 0 Å². The van der Waals surface area contributed by atoms with E-state index in [-0.39, 0.29) is 11.4 Å². The molecule has 1 aromatic heterocycles. The Labute approximate surface area is 157 Å². The zero-order valence-electron chi connectivity index (χ0n) is 14.9. The summed E-state index contributed by atoms with van der Waals surface area (Å²) in [6.07, 6.45) is 1.58. The molecule has 0 bridgehead atoms. The predicted octanol–water partition coefficient (Wildman–Crippen LogP) is 3.37. The van der Waals surface area contributed by atoms with E-state index in [4.69, 9.17) is 11.1 Å². The molecule has 1 heterocycles. The Morgan fingerprint density at radius 2 is 1.74 bits per heavy atom. The highest BCUT2D eigenvalue weighted by atomic mass is 16.4. The van der Waals surface area contributed by atoms with Crippen molar-refractivity contribution in [1.82, 2.24) is 4.98 Å². The first-order valence-electron chi connectivity index (χ1n) is 8.39. The van der Waals surface area contributed by atoms with Crippen molar-refractivity contribution in [3.63, 3.8) is 0 Å². The molecule has 0 aliphatic carbocycles. The van der Waals surface area contributed by atoms with Crippen molar-refractivity contribution in [1.29, 1.82) is 5.41 Å². The fourth-order valence-electron chi connectivity index (χ4n) is 2.98. The fourth-order valence-corrected chi connectivity index (χ4v) is 2.98. The Balaban J connectivity index is 1.83. The van der Waals surface area contributed by atoms with Crippen LogP contribution in [0.5, 0.6) is 0 Å². The molecule has 0 radical (unpaired) electrons. The van der Waals surface area contributed by atoms with Gasteiger partial charge in [-0.2, -0.15) is 0 Å². The van der Waals surface area contributed by atoms with Gasteiger partial charge in [0.25, 0.3) is 0 Å². The lowest BCUT2D eigenvalue weighted by atomic mass is 9.98. The number of carboxylic acids is 1. The maximum Gasteiger partial charge on any atom is 0.339 e. The topological polar surface area (TPSA) is 103 Å². The lowest BCUT2D eigenvalue weighted by Gasteiger charge is -2.20. The molecule has 6 heteroatoms. The van der Waals surface area contributed by atoms with Crippen molar-refractivity contribution in [2.45, 2.75) is 6.54 Å². The molecular formula is C21H20N4O2. The monoisotopic (exact) mass is 360 g/mol. The second-order valence-electron chi connectivity index (χ2n) is 6.19. The fraction of sp³-hybridized carbons (Fsp3) is 0.0952. The quantitative estimate of drug-likeness (QED) is 0.462. The van der Waals surface area contributed by atoms with E-state index in [0.29, 0.717) is 17.9 Å². The van der Waals surface area contributed by atoms with Crippen molar-refractivity contribution in [2.75, 3.05) is 11.9 Å². The number of carboxylic acid groups (broad SMARTS) is 1. The van der Waals surface area contributed by atoms with Gasteiger partial charge in [-0.15, -0.1) is 0 Å². The van der Waals surface area contributed by atoms with Gasteiger partial charge in [0.2, 0.25) is 0 Å². The molecule has 0 saturated heterocycles. The highest BCUT2D eigenvalue weighted by Crippen LogP contribution is 2.25. The van der Waals surface area contributed by atoms with Crippen molar-refractivity contribution in [3.8, 4) is 11.1 Å². The number of amidine groups is 1. The van der Waals surface area contributed by atoms with E-state index in [1.807, 2.05) is 60.5 Å². The summed E-state index contributed by atoms with van der Waals surface area (Å²) in [5, 5.41) is 17.0. The first-order chi connectivity index (χ1) is 13.0. The molecule has 27 heavy (non-hydrogen) atoms. The first-order valence-corrected chi connectivity index (χ1v) is 8.39. The number of aromatic carboxylic acids is 1. The number of pyridine rings is 1. The number of hydrogen-bond acceptors (Lipinski definition) is 4. The molecule has 0 unspecified atom stereocenters. The van der Waals surface area contributed by atoms with Crippen LogP contribution in [0.15, 0.2) is 66.9 Å². The minimum atomic E-state index is -0.999. The smallest absolute Gasteiger partial charge is 0.339 e. The highest BCUT2D eigenvalue weighted by molar-refractivity contribution is 6.01. The molecule has 136 valence electrons. The van der Waals surface area contributed by atoms with Crippen molar-refractivity contribution in [3.05, 3.63) is 83.6 Å². The molecule has 0 saturated carbocycles. The zero-order chi connectivity index (χ0) is 19.4. The summed E-state index contributed by atoms with van der Waals surface area (Å²) in [5.74, 6) is -0.539. The van der Waals surface area contributed by atoms with E-state index >= 15 is 0 Å². The Morgan fingerprint density at radius 3 is 2.41 bits per heavy atom. The molecular weight excluding hydrogens is 340 g/mol. The molecule has 0 fully saturated rings. The number of nitrogen functional groups attached to an aromatic ring is 1. The molecule has 3 rings (SSSR count). The van der Waals surface area contributed by atoms with Crippen LogP contribution >= 0.6 is 0 Å². The minimum absolute atomic E-state index is 0.0331. The van der Waals surface area contributed by atoms with Crippen LogP contribution in [0.4, 0.5) is 5.82 Å². The summed E-state index contributed by atoms with van der Waals surface area (Å²) in [4.78, 5) is 17.4.